The summed E-state index contributed by atoms with van der Waals surface area (Å²) in [5.41, 5.74) is 2.28. The fourth-order valence-corrected chi connectivity index (χ4v) is 1.84. The summed E-state index contributed by atoms with van der Waals surface area (Å²) in [5, 5.41) is 6.30. The molecule has 0 aromatic heterocycles. The summed E-state index contributed by atoms with van der Waals surface area (Å²) in [6.45, 7) is 3.65. The van der Waals surface area contributed by atoms with Crippen molar-refractivity contribution in [2.45, 2.75) is 32.2 Å². The first kappa shape index (κ1) is 12.1. The van der Waals surface area contributed by atoms with Crippen molar-refractivity contribution in [3.63, 3.8) is 0 Å². The zero-order valence-corrected chi connectivity index (χ0v) is 10.3. The van der Waals surface area contributed by atoms with Crippen molar-refractivity contribution in [1.29, 1.82) is 0 Å². The van der Waals surface area contributed by atoms with Crippen LogP contribution in [0.1, 0.15) is 24.0 Å². The largest absolute Gasteiger partial charge is 0.355 e. The van der Waals surface area contributed by atoms with Gasteiger partial charge in [0.2, 0.25) is 5.91 Å². The van der Waals surface area contributed by atoms with Gasteiger partial charge in [0.1, 0.15) is 0 Å². The molecule has 2 N–H and O–H groups in total. The fourth-order valence-electron chi connectivity index (χ4n) is 1.84. The summed E-state index contributed by atoms with van der Waals surface area (Å²) in [6, 6.07) is 8.80. The summed E-state index contributed by atoms with van der Waals surface area (Å²) in [4.78, 5) is 11.6. The van der Waals surface area contributed by atoms with Gasteiger partial charge < -0.3 is 10.6 Å². The number of nitrogens with one attached hydrogen (secondary N) is 2. The first-order valence-electron chi connectivity index (χ1n) is 6.29. The Morgan fingerprint density at radius 3 is 2.88 bits per heavy atom. The molecule has 2 rings (SSSR count). The molecule has 1 saturated carbocycles. The maximum atomic E-state index is 11.6. The molecule has 1 aromatic rings. The number of hydrogen-bond acceptors (Lipinski definition) is 2. The molecular weight excluding hydrogens is 212 g/mol. The van der Waals surface area contributed by atoms with Crippen molar-refractivity contribution in [3.8, 4) is 0 Å². The quantitative estimate of drug-likeness (QED) is 0.728. The molecule has 0 aliphatic heterocycles. The van der Waals surface area contributed by atoms with Gasteiger partial charge in [0.25, 0.3) is 0 Å². The van der Waals surface area contributed by atoms with Crippen LogP contribution >= 0.6 is 0 Å². The minimum Gasteiger partial charge on any atom is -0.355 e. The standard InChI is InChI=1S/C14H20N2O/c1-11-3-2-4-12(9-11)10-14(17)16-8-7-15-13-5-6-13/h2-4,9,13,15H,5-8,10H2,1H3,(H,16,17). The van der Waals surface area contributed by atoms with Crippen LogP contribution in [-0.2, 0) is 11.2 Å². The second-order valence-corrected chi connectivity index (χ2v) is 4.74. The predicted molar refractivity (Wildman–Crippen MR) is 68.9 cm³/mol. The zero-order chi connectivity index (χ0) is 12.1. The van der Waals surface area contributed by atoms with Gasteiger partial charge in [-0.3, -0.25) is 4.79 Å². The normalized spacial score (nSPS) is 14.6. The minimum atomic E-state index is 0.105. The van der Waals surface area contributed by atoms with Gasteiger partial charge in [-0.05, 0) is 25.3 Å². The van der Waals surface area contributed by atoms with E-state index in [4.69, 9.17) is 0 Å². The van der Waals surface area contributed by atoms with Crippen LogP contribution in [0.5, 0.6) is 0 Å². The molecule has 17 heavy (non-hydrogen) atoms. The van der Waals surface area contributed by atoms with Crippen LogP contribution in [0.4, 0.5) is 0 Å². The predicted octanol–water partition coefficient (Wildman–Crippen LogP) is 1.41. The number of hydrogen-bond donors (Lipinski definition) is 2. The van der Waals surface area contributed by atoms with Gasteiger partial charge in [0.05, 0.1) is 6.42 Å². The lowest BCUT2D eigenvalue weighted by Crippen LogP contribution is -2.33. The second-order valence-electron chi connectivity index (χ2n) is 4.74. The molecule has 3 heteroatoms. The van der Waals surface area contributed by atoms with Crippen LogP contribution in [0.25, 0.3) is 0 Å². The smallest absolute Gasteiger partial charge is 0.224 e. The van der Waals surface area contributed by atoms with Gasteiger partial charge in [0, 0.05) is 19.1 Å². The highest BCUT2D eigenvalue weighted by atomic mass is 16.1. The van der Waals surface area contributed by atoms with E-state index in [0.717, 1.165) is 18.7 Å². The van der Waals surface area contributed by atoms with E-state index in [1.807, 2.05) is 25.1 Å². The molecule has 0 saturated heterocycles. The lowest BCUT2D eigenvalue weighted by molar-refractivity contribution is -0.120. The third-order valence-corrected chi connectivity index (χ3v) is 2.90. The molecule has 3 nitrogen and oxygen atoms in total. The Morgan fingerprint density at radius 2 is 2.18 bits per heavy atom. The lowest BCUT2D eigenvalue weighted by atomic mass is 10.1. The molecule has 1 aromatic carbocycles. The van der Waals surface area contributed by atoms with Gasteiger partial charge in [-0.1, -0.05) is 29.8 Å². The topological polar surface area (TPSA) is 41.1 Å². The molecule has 0 radical (unpaired) electrons. The van der Waals surface area contributed by atoms with E-state index in [1.165, 1.54) is 18.4 Å². The van der Waals surface area contributed by atoms with Gasteiger partial charge in [-0.15, -0.1) is 0 Å². The summed E-state index contributed by atoms with van der Waals surface area (Å²) >= 11 is 0. The SMILES string of the molecule is Cc1cccc(CC(=O)NCCNC2CC2)c1. The highest BCUT2D eigenvalue weighted by molar-refractivity contribution is 5.78. The van der Waals surface area contributed by atoms with Crippen LogP contribution in [0.2, 0.25) is 0 Å². The van der Waals surface area contributed by atoms with E-state index in [9.17, 15) is 4.79 Å². The monoisotopic (exact) mass is 232 g/mol. The van der Waals surface area contributed by atoms with Crippen molar-refractivity contribution in [2.75, 3.05) is 13.1 Å². The van der Waals surface area contributed by atoms with Gasteiger partial charge in [-0.25, -0.2) is 0 Å². The van der Waals surface area contributed by atoms with E-state index < -0.39 is 0 Å². The number of aryl methyl sites for hydroxylation is 1. The zero-order valence-electron chi connectivity index (χ0n) is 10.3. The molecule has 1 fully saturated rings. The fraction of sp³-hybridized carbons (Fsp3) is 0.500. The Kier molecular flexibility index (Phi) is 4.15. The molecule has 92 valence electrons. The van der Waals surface area contributed by atoms with Gasteiger partial charge in [-0.2, -0.15) is 0 Å². The summed E-state index contributed by atoms with van der Waals surface area (Å²) in [6.07, 6.45) is 3.06. The molecule has 1 aliphatic rings. The van der Waals surface area contributed by atoms with E-state index >= 15 is 0 Å². The molecular formula is C14H20N2O. The number of carbonyl (C=O) groups excluding carboxylic acids is 1. The van der Waals surface area contributed by atoms with Crippen molar-refractivity contribution >= 4 is 5.91 Å². The van der Waals surface area contributed by atoms with Crippen molar-refractivity contribution < 1.29 is 4.79 Å². The number of carbonyl (C=O) groups is 1. The first-order chi connectivity index (χ1) is 8.24. The Labute approximate surface area is 103 Å². The lowest BCUT2D eigenvalue weighted by Gasteiger charge is -2.06. The summed E-state index contributed by atoms with van der Waals surface area (Å²) in [7, 11) is 0. The Morgan fingerprint density at radius 1 is 1.35 bits per heavy atom. The van der Waals surface area contributed by atoms with Gasteiger partial charge >= 0.3 is 0 Å². The molecule has 1 aliphatic carbocycles. The number of amides is 1. The van der Waals surface area contributed by atoms with Gasteiger partial charge in [0.15, 0.2) is 0 Å². The molecule has 1 amide bonds. The maximum Gasteiger partial charge on any atom is 0.224 e. The van der Waals surface area contributed by atoms with E-state index in [0.29, 0.717) is 12.5 Å². The number of rotatable bonds is 6. The molecule has 0 bridgehead atoms. The Balaban J connectivity index is 1.65. The van der Waals surface area contributed by atoms with Crippen LogP contribution < -0.4 is 10.6 Å². The van der Waals surface area contributed by atoms with E-state index in [-0.39, 0.29) is 5.91 Å². The molecule has 0 atom stereocenters. The van der Waals surface area contributed by atoms with E-state index in [2.05, 4.69) is 16.7 Å². The van der Waals surface area contributed by atoms with Crippen LogP contribution in [0, 0.1) is 6.92 Å². The first-order valence-corrected chi connectivity index (χ1v) is 6.29. The average Bonchev–Trinajstić information content (AvgIpc) is 3.08. The summed E-state index contributed by atoms with van der Waals surface area (Å²) in [5.74, 6) is 0.105. The van der Waals surface area contributed by atoms with Crippen molar-refractivity contribution in [2.24, 2.45) is 0 Å². The highest BCUT2D eigenvalue weighted by Gasteiger charge is 2.19. The third-order valence-electron chi connectivity index (χ3n) is 2.90. The highest BCUT2D eigenvalue weighted by Crippen LogP contribution is 2.17. The summed E-state index contributed by atoms with van der Waals surface area (Å²) < 4.78 is 0. The Hall–Kier alpha value is -1.35. The van der Waals surface area contributed by atoms with Crippen LogP contribution in [0.3, 0.4) is 0 Å². The van der Waals surface area contributed by atoms with Crippen molar-refractivity contribution in [3.05, 3.63) is 35.4 Å². The maximum absolute atomic E-state index is 11.6. The molecule has 0 spiro atoms. The second kappa shape index (κ2) is 5.82. The average molecular weight is 232 g/mol. The Bertz CT molecular complexity index is 386. The third kappa shape index (κ3) is 4.57. The number of benzene rings is 1. The molecule has 0 unspecified atom stereocenters. The van der Waals surface area contributed by atoms with Crippen LogP contribution in [0.15, 0.2) is 24.3 Å². The molecule has 0 heterocycles. The minimum absolute atomic E-state index is 0.105. The van der Waals surface area contributed by atoms with E-state index in [1.54, 1.807) is 0 Å². The van der Waals surface area contributed by atoms with Crippen molar-refractivity contribution in [1.82, 2.24) is 10.6 Å². The van der Waals surface area contributed by atoms with Crippen LogP contribution in [-0.4, -0.2) is 25.0 Å².